The van der Waals surface area contributed by atoms with Crippen LogP contribution in [0, 0.1) is 13.7 Å². The molecule has 1 fully saturated rings. The smallest absolute Gasteiger partial charge is 0.271 e. The third-order valence-electron chi connectivity index (χ3n) is 5.76. The average Bonchev–Trinajstić information content (AvgIpc) is 3.43. The van der Waals surface area contributed by atoms with Gasteiger partial charge in [-0.15, -0.1) is 0 Å². The number of hydrogen-bond donors (Lipinski definition) is 1. The highest BCUT2D eigenvalue weighted by molar-refractivity contribution is 14.1. The van der Waals surface area contributed by atoms with Crippen LogP contribution in [0.1, 0.15) is 34.3 Å². The number of anilines is 1. The molecule has 0 bridgehead atoms. The van der Waals surface area contributed by atoms with Crippen molar-refractivity contribution in [3.8, 4) is 11.5 Å². The standard InChI is InChI=1S/C26H25IN4O5/c1-35-24-15-19(14-23(27)25(24)36-17-18-4-8-22(9-5-18)31(33)34)16-28-29-26(32)20-6-10-21(11-7-20)30-12-2-3-13-30/h4-11,14-16H,2-3,12-13,17H2,1H3,(H,29,32)/b28-16-. The molecule has 0 aliphatic carbocycles. The molecule has 0 atom stereocenters. The van der Waals surface area contributed by atoms with Gasteiger partial charge in [0.25, 0.3) is 11.6 Å². The second kappa shape index (κ2) is 11.8. The Hall–Kier alpha value is -3.67. The first-order chi connectivity index (χ1) is 17.4. The third kappa shape index (κ3) is 6.30. The number of halogens is 1. The summed E-state index contributed by atoms with van der Waals surface area (Å²) in [4.78, 5) is 25.2. The molecule has 0 saturated carbocycles. The van der Waals surface area contributed by atoms with Gasteiger partial charge in [-0.25, -0.2) is 5.43 Å². The van der Waals surface area contributed by atoms with E-state index in [1.807, 2.05) is 30.3 Å². The molecule has 3 aromatic rings. The number of rotatable bonds is 9. The summed E-state index contributed by atoms with van der Waals surface area (Å²) in [5.41, 5.74) is 5.78. The molecule has 1 N–H and O–H groups in total. The van der Waals surface area contributed by atoms with E-state index in [4.69, 9.17) is 9.47 Å². The van der Waals surface area contributed by atoms with Crippen LogP contribution < -0.4 is 19.8 Å². The molecule has 1 amide bonds. The van der Waals surface area contributed by atoms with Crippen molar-refractivity contribution < 1.29 is 19.2 Å². The molecular formula is C26H25IN4O5. The Bertz CT molecular complexity index is 1260. The molecule has 10 heteroatoms. The van der Waals surface area contributed by atoms with E-state index in [9.17, 15) is 14.9 Å². The van der Waals surface area contributed by atoms with Crippen molar-refractivity contribution in [2.75, 3.05) is 25.1 Å². The second-order valence-corrected chi connectivity index (χ2v) is 9.35. The maximum absolute atomic E-state index is 12.5. The molecule has 186 valence electrons. The lowest BCUT2D eigenvalue weighted by molar-refractivity contribution is -0.384. The number of nitro benzene ring substituents is 1. The van der Waals surface area contributed by atoms with Gasteiger partial charge in [0, 0.05) is 36.5 Å². The number of hydrazone groups is 1. The molecule has 1 aliphatic rings. The van der Waals surface area contributed by atoms with Gasteiger partial charge in [0.2, 0.25) is 0 Å². The molecule has 3 aromatic carbocycles. The summed E-state index contributed by atoms with van der Waals surface area (Å²) in [5, 5.41) is 14.9. The van der Waals surface area contributed by atoms with Crippen LogP contribution >= 0.6 is 22.6 Å². The summed E-state index contributed by atoms with van der Waals surface area (Å²) in [6.45, 7) is 2.34. The monoisotopic (exact) mass is 600 g/mol. The molecule has 0 radical (unpaired) electrons. The van der Waals surface area contributed by atoms with E-state index in [1.165, 1.54) is 25.0 Å². The zero-order valence-electron chi connectivity index (χ0n) is 19.6. The average molecular weight is 600 g/mol. The van der Waals surface area contributed by atoms with Gasteiger partial charge < -0.3 is 14.4 Å². The zero-order chi connectivity index (χ0) is 25.5. The van der Waals surface area contributed by atoms with Gasteiger partial charge in [0.1, 0.15) is 6.61 Å². The van der Waals surface area contributed by atoms with Crippen molar-refractivity contribution in [3.05, 3.63) is 91.0 Å². The van der Waals surface area contributed by atoms with Crippen LogP contribution in [0.25, 0.3) is 0 Å². The molecule has 1 aliphatic heterocycles. The molecule has 9 nitrogen and oxygen atoms in total. The molecular weight excluding hydrogens is 575 g/mol. The van der Waals surface area contributed by atoms with Gasteiger partial charge in [-0.3, -0.25) is 14.9 Å². The molecule has 0 spiro atoms. The minimum absolute atomic E-state index is 0.0285. The number of nitrogens with one attached hydrogen (secondary N) is 1. The summed E-state index contributed by atoms with van der Waals surface area (Å²) < 4.78 is 12.2. The summed E-state index contributed by atoms with van der Waals surface area (Å²) in [6.07, 6.45) is 3.95. The van der Waals surface area contributed by atoms with Crippen LogP contribution in [-0.2, 0) is 6.61 Å². The summed E-state index contributed by atoms with van der Waals surface area (Å²) >= 11 is 2.14. The van der Waals surface area contributed by atoms with Crippen LogP contribution in [-0.4, -0.2) is 37.2 Å². The van der Waals surface area contributed by atoms with E-state index in [1.54, 1.807) is 31.5 Å². The Morgan fingerprint density at radius 3 is 2.47 bits per heavy atom. The molecule has 36 heavy (non-hydrogen) atoms. The third-order valence-corrected chi connectivity index (χ3v) is 6.56. The largest absolute Gasteiger partial charge is 0.493 e. The van der Waals surface area contributed by atoms with E-state index >= 15 is 0 Å². The fourth-order valence-corrected chi connectivity index (χ4v) is 4.63. The van der Waals surface area contributed by atoms with Crippen molar-refractivity contribution in [1.29, 1.82) is 0 Å². The second-order valence-electron chi connectivity index (χ2n) is 8.19. The highest BCUT2D eigenvalue weighted by atomic mass is 127. The molecule has 1 saturated heterocycles. The number of benzene rings is 3. The summed E-state index contributed by atoms with van der Waals surface area (Å²) in [7, 11) is 1.54. The van der Waals surface area contributed by atoms with E-state index in [0.717, 1.165) is 33.5 Å². The van der Waals surface area contributed by atoms with Gasteiger partial charge in [0.15, 0.2) is 11.5 Å². The lowest BCUT2D eigenvalue weighted by Gasteiger charge is -2.17. The van der Waals surface area contributed by atoms with E-state index in [2.05, 4.69) is 38.0 Å². The van der Waals surface area contributed by atoms with E-state index in [0.29, 0.717) is 17.1 Å². The highest BCUT2D eigenvalue weighted by Crippen LogP contribution is 2.34. The number of amides is 1. The van der Waals surface area contributed by atoms with E-state index in [-0.39, 0.29) is 18.2 Å². The lowest BCUT2D eigenvalue weighted by Crippen LogP contribution is -2.19. The number of nitrogens with zero attached hydrogens (tertiary/aromatic N) is 3. The number of methoxy groups -OCH3 is 1. The summed E-state index contributed by atoms with van der Waals surface area (Å²) in [6, 6.07) is 17.3. The fourth-order valence-electron chi connectivity index (χ4n) is 3.85. The van der Waals surface area contributed by atoms with Crippen LogP contribution in [0.3, 0.4) is 0 Å². The first-order valence-corrected chi connectivity index (χ1v) is 12.4. The fraction of sp³-hybridized carbons (Fsp3) is 0.231. The van der Waals surface area contributed by atoms with Gasteiger partial charge in [0.05, 0.1) is 21.8 Å². The first kappa shape index (κ1) is 25.4. The Morgan fingerprint density at radius 1 is 1.14 bits per heavy atom. The van der Waals surface area contributed by atoms with Crippen molar-refractivity contribution >= 4 is 46.1 Å². The normalized spacial score (nSPS) is 13.1. The van der Waals surface area contributed by atoms with Crippen molar-refractivity contribution in [1.82, 2.24) is 5.43 Å². The number of nitro groups is 1. The quantitative estimate of drug-likeness (QED) is 0.158. The van der Waals surface area contributed by atoms with E-state index < -0.39 is 4.92 Å². The number of ether oxygens (including phenoxy) is 2. The summed E-state index contributed by atoms with van der Waals surface area (Å²) in [5.74, 6) is 0.772. The van der Waals surface area contributed by atoms with Crippen LogP contribution in [0.5, 0.6) is 11.5 Å². The topological polar surface area (TPSA) is 106 Å². The lowest BCUT2D eigenvalue weighted by atomic mass is 10.2. The zero-order valence-corrected chi connectivity index (χ0v) is 21.8. The predicted octanol–water partition coefficient (Wildman–Crippen LogP) is 5.15. The van der Waals surface area contributed by atoms with Gasteiger partial charge in [-0.05, 0) is 95.1 Å². The van der Waals surface area contributed by atoms with Gasteiger partial charge in [-0.2, -0.15) is 5.10 Å². The minimum atomic E-state index is -0.440. The highest BCUT2D eigenvalue weighted by Gasteiger charge is 2.14. The first-order valence-electron chi connectivity index (χ1n) is 11.4. The Morgan fingerprint density at radius 2 is 1.83 bits per heavy atom. The van der Waals surface area contributed by atoms with Gasteiger partial charge in [-0.1, -0.05) is 0 Å². The van der Waals surface area contributed by atoms with Gasteiger partial charge >= 0.3 is 0 Å². The number of hydrogen-bond acceptors (Lipinski definition) is 7. The van der Waals surface area contributed by atoms with Crippen molar-refractivity contribution in [3.63, 3.8) is 0 Å². The Balaban J connectivity index is 1.37. The van der Waals surface area contributed by atoms with Crippen LogP contribution in [0.15, 0.2) is 65.8 Å². The maximum atomic E-state index is 12.5. The molecule has 4 rings (SSSR count). The molecule has 1 heterocycles. The SMILES string of the molecule is COc1cc(/C=N\NC(=O)c2ccc(N3CCCC3)cc2)cc(I)c1OCc1ccc([N+](=O)[O-])cc1. The minimum Gasteiger partial charge on any atom is -0.493 e. The number of carbonyl (C=O) groups is 1. The Labute approximate surface area is 222 Å². The van der Waals surface area contributed by atoms with Crippen molar-refractivity contribution in [2.45, 2.75) is 19.4 Å². The molecule has 0 aromatic heterocycles. The van der Waals surface area contributed by atoms with Crippen LogP contribution in [0.4, 0.5) is 11.4 Å². The van der Waals surface area contributed by atoms with Crippen molar-refractivity contribution in [2.24, 2.45) is 5.10 Å². The molecule has 0 unspecified atom stereocenters. The maximum Gasteiger partial charge on any atom is 0.271 e. The number of carbonyl (C=O) groups excluding carboxylic acids is 1. The predicted molar refractivity (Wildman–Crippen MR) is 146 cm³/mol. The van der Waals surface area contributed by atoms with Crippen LogP contribution in [0.2, 0.25) is 0 Å². The Kier molecular flexibility index (Phi) is 8.36. The number of non-ortho nitro benzene ring substituents is 1.